The molecule has 0 radical (unpaired) electrons. The molecule has 2 aliphatic carbocycles. The number of allylic oxidation sites excluding steroid dienone is 4. The number of hydrogen-bond acceptors (Lipinski definition) is 0. The highest BCUT2D eigenvalue weighted by atomic mass is 14.6. The van der Waals surface area contributed by atoms with E-state index in [0.717, 1.165) is 5.92 Å². The Labute approximate surface area is 69.0 Å². The highest BCUT2D eigenvalue weighted by Crippen LogP contribution is 2.61. The van der Waals surface area contributed by atoms with Crippen molar-refractivity contribution in [1.29, 1.82) is 0 Å². The van der Waals surface area contributed by atoms with Crippen molar-refractivity contribution in [2.75, 3.05) is 0 Å². The van der Waals surface area contributed by atoms with Gasteiger partial charge in [0.25, 0.3) is 0 Å². The van der Waals surface area contributed by atoms with Gasteiger partial charge in [0.15, 0.2) is 0 Å². The first-order chi connectivity index (χ1) is 5.17. The monoisotopic (exact) mass is 148 g/mol. The van der Waals surface area contributed by atoms with Crippen LogP contribution in [0.2, 0.25) is 0 Å². The van der Waals surface area contributed by atoms with Crippen molar-refractivity contribution in [2.24, 2.45) is 17.3 Å². The molecule has 2 rings (SSSR count). The first kappa shape index (κ1) is 7.15. The van der Waals surface area contributed by atoms with Crippen LogP contribution in [0.5, 0.6) is 0 Å². The van der Waals surface area contributed by atoms with Gasteiger partial charge in [-0.2, -0.15) is 0 Å². The van der Waals surface area contributed by atoms with Gasteiger partial charge in [-0.3, -0.25) is 0 Å². The molecule has 1 fully saturated rings. The van der Waals surface area contributed by atoms with Gasteiger partial charge in [0, 0.05) is 0 Å². The zero-order valence-electron chi connectivity index (χ0n) is 7.59. The van der Waals surface area contributed by atoms with Crippen LogP contribution in [0.3, 0.4) is 0 Å². The normalized spacial score (nSPS) is 51.0. The van der Waals surface area contributed by atoms with Gasteiger partial charge in [0.2, 0.25) is 0 Å². The van der Waals surface area contributed by atoms with E-state index in [4.69, 9.17) is 0 Å². The summed E-state index contributed by atoms with van der Waals surface area (Å²) in [7, 11) is 0. The number of fused-ring (bicyclic) bond motifs is 1. The molecular weight excluding hydrogens is 132 g/mol. The molecule has 0 N–H and O–H groups in total. The Bertz CT molecular complexity index is 234. The fraction of sp³-hybridized carbons (Fsp3) is 0.636. The summed E-state index contributed by atoms with van der Waals surface area (Å²) in [6.45, 7) is 6.83. The van der Waals surface area contributed by atoms with E-state index in [1.807, 2.05) is 0 Å². The van der Waals surface area contributed by atoms with Gasteiger partial charge in [-0.1, -0.05) is 37.6 Å². The first-order valence-electron chi connectivity index (χ1n) is 4.53. The molecule has 0 amide bonds. The molecule has 0 heterocycles. The minimum Gasteiger partial charge on any atom is -0.0876 e. The van der Waals surface area contributed by atoms with Crippen LogP contribution in [-0.2, 0) is 0 Å². The van der Waals surface area contributed by atoms with E-state index >= 15 is 0 Å². The van der Waals surface area contributed by atoms with Gasteiger partial charge in [0.05, 0.1) is 0 Å². The molecule has 0 aliphatic heterocycles. The third-order valence-corrected chi connectivity index (χ3v) is 3.31. The average molecular weight is 148 g/mol. The van der Waals surface area contributed by atoms with Gasteiger partial charge < -0.3 is 0 Å². The molecule has 0 nitrogen and oxygen atoms in total. The molecule has 60 valence electrons. The van der Waals surface area contributed by atoms with Crippen molar-refractivity contribution < 1.29 is 0 Å². The van der Waals surface area contributed by atoms with Crippen molar-refractivity contribution >= 4 is 0 Å². The molecule has 2 aliphatic rings. The molecule has 0 aromatic carbocycles. The van der Waals surface area contributed by atoms with E-state index in [1.54, 1.807) is 5.57 Å². The Morgan fingerprint density at radius 1 is 1.64 bits per heavy atom. The van der Waals surface area contributed by atoms with Crippen molar-refractivity contribution in [3.8, 4) is 0 Å². The highest BCUT2D eigenvalue weighted by Gasteiger charge is 2.52. The van der Waals surface area contributed by atoms with Crippen molar-refractivity contribution in [2.45, 2.75) is 27.2 Å². The van der Waals surface area contributed by atoms with Gasteiger partial charge in [0.1, 0.15) is 0 Å². The number of rotatable bonds is 0. The van der Waals surface area contributed by atoms with Crippen LogP contribution in [0.15, 0.2) is 23.8 Å². The van der Waals surface area contributed by atoms with Gasteiger partial charge >= 0.3 is 0 Å². The molecule has 3 atom stereocenters. The Morgan fingerprint density at radius 2 is 2.36 bits per heavy atom. The van der Waals surface area contributed by atoms with E-state index in [0.29, 0.717) is 11.3 Å². The van der Waals surface area contributed by atoms with Gasteiger partial charge in [-0.25, -0.2) is 0 Å². The zero-order chi connectivity index (χ0) is 8.06. The lowest BCUT2D eigenvalue weighted by Gasteiger charge is -2.19. The Morgan fingerprint density at radius 3 is 2.91 bits per heavy atom. The summed E-state index contributed by atoms with van der Waals surface area (Å²) >= 11 is 0. The van der Waals surface area contributed by atoms with Gasteiger partial charge in [-0.05, 0) is 30.6 Å². The maximum Gasteiger partial charge on any atom is -0.00485 e. The summed E-state index contributed by atoms with van der Waals surface area (Å²) < 4.78 is 0. The Balaban J connectivity index is 2.33. The van der Waals surface area contributed by atoms with E-state index in [1.165, 1.54) is 6.42 Å². The summed E-state index contributed by atoms with van der Waals surface area (Å²) in [4.78, 5) is 0. The summed E-state index contributed by atoms with van der Waals surface area (Å²) in [6.07, 6.45) is 8.46. The molecule has 0 bridgehead atoms. The highest BCUT2D eigenvalue weighted by molar-refractivity contribution is 5.34. The van der Waals surface area contributed by atoms with Crippen LogP contribution in [0.1, 0.15) is 27.2 Å². The molecule has 11 heavy (non-hydrogen) atoms. The Hall–Kier alpha value is -0.520. The zero-order valence-corrected chi connectivity index (χ0v) is 7.59. The summed E-state index contributed by atoms with van der Waals surface area (Å²) in [5.41, 5.74) is 2.21. The van der Waals surface area contributed by atoms with E-state index < -0.39 is 0 Å². The lowest BCUT2D eigenvalue weighted by Crippen LogP contribution is -2.08. The second-order valence-corrected chi connectivity index (χ2v) is 4.20. The maximum absolute atomic E-state index is 2.41. The van der Waals surface area contributed by atoms with Gasteiger partial charge in [-0.15, -0.1) is 0 Å². The molecule has 0 heteroatoms. The van der Waals surface area contributed by atoms with Crippen LogP contribution in [0, 0.1) is 17.3 Å². The maximum atomic E-state index is 2.41. The largest absolute Gasteiger partial charge is 0.0876 e. The van der Waals surface area contributed by atoms with E-state index in [2.05, 4.69) is 39.0 Å². The lowest BCUT2D eigenvalue weighted by molar-refractivity contribution is 0.601. The van der Waals surface area contributed by atoms with E-state index in [-0.39, 0.29) is 0 Å². The summed E-state index contributed by atoms with van der Waals surface area (Å²) in [6, 6.07) is 0. The average Bonchev–Trinajstić information content (AvgIpc) is 2.62. The molecule has 1 saturated carbocycles. The van der Waals surface area contributed by atoms with Crippen molar-refractivity contribution in [3.63, 3.8) is 0 Å². The van der Waals surface area contributed by atoms with Crippen LogP contribution in [0.4, 0.5) is 0 Å². The van der Waals surface area contributed by atoms with Crippen molar-refractivity contribution in [3.05, 3.63) is 23.8 Å². The summed E-state index contributed by atoms with van der Waals surface area (Å²) in [5, 5.41) is 0. The predicted octanol–water partition coefficient (Wildman–Crippen LogP) is 3.16. The molecule has 0 saturated heterocycles. The third-order valence-electron chi connectivity index (χ3n) is 3.31. The minimum atomic E-state index is 0.550. The quantitative estimate of drug-likeness (QED) is 0.463. The molecule has 3 unspecified atom stereocenters. The second kappa shape index (κ2) is 2.00. The molecule has 0 spiro atoms. The fourth-order valence-corrected chi connectivity index (χ4v) is 2.32. The van der Waals surface area contributed by atoms with Crippen LogP contribution in [0.25, 0.3) is 0 Å². The SMILES string of the molecule is CC=C1C(C)C=CC2(C)CC12. The van der Waals surface area contributed by atoms with E-state index in [9.17, 15) is 0 Å². The van der Waals surface area contributed by atoms with Crippen LogP contribution < -0.4 is 0 Å². The summed E-state index contributed by atoms with van der Waals surface area (Å²) in [5.74, 6) is 1.58. The standard InChI is InChI=1S/C11H16/c1-4-9-8(2)5-6-11(3)7-10(9)11/h4-6,8,10H,7H2,1-3H3. The predicted molar refractivity (Wildman–Crippen MR) is 48.3 cm³/mol. The molecule has 0 aromatic rings. The van der Waals surface area contributed by atoms with Crippen LogP contribution in [-0.4, -0.2) is 0 Å². The van der Waals surface area contributed by atoms with Crippen molar-refractivity contribution in [1.82, 2.24) is 0 Å². The molecule has 0 aromatic heterocycles. The second-order valence-electron chi connectivity index (χ2n) is 4.20. The third kappa shape index (κ3) is 0.885. The number of hydrogen-bond donors (Lipinski definition) is 0. The Kier molecular flexibility index (Phi) is 1.30. The first-order valence-corrected chi connectivity index (χ1v) is 4.53. The smallest absolute Gasteiger partial charge is 0.00485 e. The topological polar surface area (TPSA) is 0 Å². The van der Waals surface area contributed by atoms with Crippen LogP contribution >= 0.6 is 0 Å². The fourth-order valence-electron chi connectivity index (χ4n) is 2.32. The lowest BCUT2D eigenvalue weighted by atomic mass is 9.86. The molecular formula is C11H16. The minimum absolute atomic E-state index is 0.550.